The van der Waals surface area contributed by atoms with Gasteiger partial charge in [0.15, 0.2) is 0 Å². The van der Waals surface area contributed by atoms with Gasteiger partial charge < -0.3 is 25.3 Å². The van der Waals surface area contributed by atoms with Crippen LogP contribution in [0.3, 0.4) is 0 Å². The Kier molecular flexibility index (Phi) is 19.0. The van der Waals surface area contributed by atoms with Gasteiger partial charge in [-0.05, 0) is 0 Å². The van der Waals surface area contributed by atoms with E-state index in [-0.39, 0.29) is 6.61 Å². The lowest BCUT2D eigenvalue weighted by Gasteiger charge is -2.06. The summed E-state index contributed by atoms with van der Waals surface area (Å²) in [6.07, 6.45) is 0. The first kappa shape index (κ1) is 21.2. The normalized spacial score (nSPS) is 9.60. The van der Waals surface area contributed by atoms with Gasteiger partial charge in [0.05, 0.1) is 26.4 Å². The molecule has 120 valence electrons. The third kappa shape index (κ3) is 19.3. The van der Waals surface area contributed by atoms with Crippen molar-refractivity contribution in [1.29, 1.82) is 0 Å². The number of carbonyl (C=O) groups excluding carboxylic acids is 2. The summed E-state index contributed by atoms with van der Waals surface area (Å²) in [5.74, 6) is -0.431. The van der Waals surface area contributed by atoms with Crippen LogP contribution in [0.4, 0.5) is 4.39 Å². The van der Waals surface area contributed by atoms with Gasteiger partial charge in [-0.2, -0.15) is 4.39 Å². The Hall–Kier alpha value is -1.09. The molecule has 7 nitrogen and oxygen atoms in total. The number of carbonyl (C=O) groups is 2. The third-order valence-electron chi connectivity index (χ3n) is 1.65. The average Bonchev–Trinajstić information content (AvgIpc) is 2.43. The average molecular weight is 296 g/mol. The second kappa shape index (κ2) is 17.9. The van der Waals surface area contributed by atoms with Crippen molar-refractivity contribution in [2.45, 2.75) is 13.8 Å². The smallest absolute Gasteiger partial charge is 0.326 e. The van der Waals surface area contributed by atoms with E-state index < -0.39 is 18.6 Å². The molecule has 0 aromatic heterocycles. The first-order valence-corrected chi connectivity index (χ1v) is 6.55. The van der Waals surface area contributed by atoms with Crippen molar-refractivity contribution in [3.8, 4) is 0 Å². The van der Waals surface area contributed by atoms with Crippen LogP contribution in [0.1, 0.15) is 13.8 Å². The highest BCUT2D eigenvalue weighted by molar-refractivity contribution is 5.77. The Morgan fingerprint density at radius 3 is 2.15 bits per heavy atom. The molecule has 1 amide bonds. The Labute approximate surface area is 118 Å². The predicted molar refractivity (Wildman–Crippen MR) is 72.0 cm³/mol. The van der Waals surface area contributed by atoms with Crippen LogP contribution in [0.25, 0.3) is 0 Å². The summed E-state index contributed by atoms with van der Waals surface area (Å²) in [5.41, 5.74) is 5.21. The Bertz CT molecular complexity index is 242. The minimum absolute atomic E-state index is 0.308. The molecule has 0 radical (unpaired) electrons. The maximum Gasteiger partial charge on any atom is 0.326 e. The maximum atomic E-state index is 11.7. The second-order valence-electron chi connectivity index (χ2n) is 3.21. The van der Waals surface area contributed by atoms with Crippen molar-refractivity contribution < 1.29 is 28.2 Å². The number of amides is 1. The van der Waals surface area contributed by atoms with Crippen LogP contribution in [0.2, 0.25) is 0 Å². The molecule has 0 fully saturated rings. The van der Waals surface area contributed by atoms with Crippen LogP contribution in [-0.2, 0) is 23.8 Å². The number of ether oxygens (including phenoxy) is 3. The van der Waals surface area contributed by atoms with Gasteiger partial charge in [0.25, 0.3) is 0 Å². The third-order valence-corrected chi connectivity index (χ3v) is 1.65. The molecule has 0 atom stereocenters. The van der Waals surface area contributed by atoms with E-state index in [1.165, 1.54) is 0 Å². The summed E-state index contributed by atoms with van der Waals surface area (Å²) >= 11 is 0. The van der Waals surface area contributed by atoms with Crippen molar-refractivity contribution in [1.82, 2.24) is 5.32 Å². The fourth-order valence-corrected chi connectivity index (χ4v) is 0.943. The lowest BCUT2D eigenvalue weighted by Crippen LogP contribution is -2.31. The lowest BCUT2D eigenvalue weighted by atomic mass is 10.6. The van der Waals surface area contributed by atoms with Crippen molar-refractivity contribution in [3.05, 3.63) is 0 Å². The van der Waals surface area contributed by atoms with E-state index >= 15 is 0 Å². The van der Waals surface area contributed by atoms with Crippen LogP contribution in [0.5, 0.6) is 0 Å². The fourth-order valence-electron chi connectivity index (χ4n) is 0.943. The lowest BCUT2D eigenvalue weighted by molar-refractivity contribution is -0.136. The van der Waals surface area contributed by atoms with Gasteiger partial charge in [0, 0.05) is 13.1 Å². The standard InChI is InChI=1S/C10H19FN2O5.C2H6/c11-9(14)7-18-8-10(15)13-2-4-17-6-5-16-3-1-12;1-2/h1-8,12H2,(H,13,15);1-2H3. The van der Waals surface area contributed by atoms with Crippen molar-refractivity contribution in [2.75, 3.05) is 52.7 Å². The molecular weight excluding hydrogens is 271 g/mol. The van der Waals surface area contributed by atoms with Gasteiger partial charge in [-0.15, -0.1) is 0 Å². The van der Waals surface area contributed by atoms with E-state index in [9.17, 15) is 14.0 Å². The highest BCUT2D eigenvalue weighted by Crippen LogP contribution is 1.80. The van der Waals surface area contributed by atoms with E-state index in [1.54, 1.807) is 0 Å². The second-order valence-corrected chi connectivity index (χ2v) is 3.21. The molecule has 0 bridgehead atoms. The number of nitrogens with one attached hydrogen (secondary N) is 1. The summed E-state index contributed by atoms with van der Waals surface area (Å²) in [7, 11) is 0. The zero-order chi connectivity index (χ0) is 15.6. The molecule has 0 rings (SSSR count). The van der Waals surface area contributed by atoms with Crippen LogP contribution in [-0.4, -0.2) is 64.7 Å². The first-order valence-electron chi connectivity index (χ1n) is 6.55. The van der Waals surface area contributed by atoms with Gasteiger partial charge in [0.1, 0.15) is 13.2 Å². The molecule has 8 heteroatoms. The van der Waals surface area contributed by atoms with E-state index in [4.69, 9.17) is 15.2 Å². The van der Waals surface area contributed by atoms with E-state index in [0.29, 0.717) is 39.5 Å². The van der Waals surface area contributed by atoms with Crippen LogP contribution >= 0.6 is 0 Å². The van der Waals surface area contributed by atoms with Crippen LogP contribution < -0.4 is 11.1 Å². The topological polar surface area (TPSA) is 99.9 Å². The Balaban J connectivity index is 0. The zero-order valence-electron chi connectivity index (χ0n) is 12.2. The molecule has 0 aromatic rings. The maximum absolute atomic E-state index is 11.7. The minimum Gasteiger partial charge on any atom is -0.378 e. The van der Waals surface area contributed by atoms with Gasteiger partial charge in [0.2, 0.25) is 5.91 Å². The molecule has 20 heavy (non-hydrogen) atoms. The van der Waals surface area contributed by atoms with Crippen LogP contribution in [0.15, 0.2) is 0 Å². The molecule has 0 aliphatic carbocycles. The first-order chi connectivity index (χ1) is 9.66. The molecule has 0 heterocycles. The van der Waals surface area contributed by atoms with E-state index in [1.807, 2.05) is 13.8 Å². The van der Waals surface area contributed by atoms with Gasteiger partial charge >= 0.3 is 6.04 Å². The quantitative estimate of drug-likeness (QED) is 0.377. The van der Waals surface area contributed by atoms with E-state index in [2.05, 4.69) is 10.1 Å². The van der Waals surface area contributed by atoms with Crippen LogP contribution in [0, 0.1) is 0 Å². The molecule has 0 spiro atoms. The molecular formula is C12H25FN2O5. The monoisotopic (exact) mass is 296 g/mol. The molecule has 0 saturated heterocycles. The highest BCUT2D eigenvalue weighted by atomic mass is 19.1. The van der Waals surface area contributed by atoms with Gasteiger partial charge in [-0.1, -0.05) is 13.8 Å². The summed E-state index contributed by atoms with van der Waals surface area (Å²) < 4.78 is 26.4. The molecule has 0 saturated carbocycles. The molecule has 0 aliphatic heterocycles. The number of hydrogen-bond acceptors (Lipinski definition) is 6. The summed E-state index contributed by atoms with van der Waals surface area (Å²) in [4.78, 5) is 20.9. The van der Waals surface area contributed by atoms with Gasteiger partial charge in [-0.3, -0.25) is 9.59 Å². The SMILES string of the molecule is CC.NCCOCCOCCNC(=O)COCC(=O)F. The number of hydrogen-bond donors (Lipinski definition) is 2. The molecule has 0 aromatic carbocycles. The number of nitrogens with two attached hydrogens (primary N) is 1. The highest BCUT2D eigenvalue weighted by Gasteiger charge is 2.03. The largest absolute Gasteiger partial charge is 0.378 e. The summed E-state index contributed by atoms with van der Waals surface area (Å²) in [6, 6.07) is -1.61. The van der Waals surface area contributed by atoms with Gasteiger partial charge in [-0.25, -0.2) is 0 Å². The minimum atomic E-state index is -1.61. The molecule has 0 unspecified atom stereocenters. The van der Waals surface area contributed by atoms with E-state index in [0.717, 1.165) is 0 Å². The summed E-state index contributed by atoms with van der Waals surface area (Å²) in [5, 5.41) is 2.47. The summed E-state index contributed by atoms with van der Waals surface area (Å²) in [6.45, 7) is 5.41. The Morgan fingerprint density at radius 1 is 1.00 bits per heavy atom. The van der Waals surface area contributed by atoms with Crippen molar-refractivity contribution in [2.24, 2.45) is 5.73 Å². The zero-order valence-corrected chi connectivity index (χ0v) is 12.2. The molecule has 0 aliphatic rings. The van der Waals surface area contributed by atoms with Crippen molar-refractivity contribution >= 4 is 11.9 Å². The predicted octanol–water partition coefficient (Wildman–Crippen LogP) is -0.367. The number of halogens is 1. The number of rotatable bonds is 12. The fraction of sp³-hybridized carbons (Fsp3) is 0.833. The van der Waals surface area contributed by atoms with Crippen molar-refractivity contribution in [3.63, 3.8) is 0 Å². The molecule has 3 N–H and O–H groups in total. The Morgan fingerprint density at radius 2 is 1.60 bits per heavy atom.